The van der Waals surface area contributed by atoms with Crippen molar-refractivity contribution in [1.82, 2.24) is 15.1 Å². The first kappa shape index (κ1) is 14.4. The summed E-state index contributed by atoms with van der Waals surface area (Å²) in [6.07, 6.45) is 3.83. The van der Waals surface area contributed by atoms with Crippen LogP contribution in [-0.4, -0.2) is 23.9 Å². The molecule has 1 N–H and O–H groups in total. The lowest BCUT2D eigenvalue weighted by Crippen LogP contribution is -2.07. The molecule has 0 amide bonds. The van der Waals surface area contributed by atoms with E-state index in [-0.39, 0.29) is 0 Å². The molecule has 0 aliphatic rings. The van der Waals surface area contributed by atoms with Gasteiger partial charge in [0, 0.05) is 36.5 Å². The molecule has 1 aromatic carbocycles. The molecule has 0 saturated heterocycles. The highest BCUT2D eigenvalue weighted by Gasteiger charge is 2.06. The second-order valence-corrected chi connectivity index (χ2v) is 4.50. The fraction of sp³-hybridized carbons (Fsp3) is 0.400. The number of aromatic nitrogens is 2. The Bertz CT molecular complexity index is 552. The van der Waals surface area contributed by atoms with Crippen LogP contribution in [0.15, 0.2) is 30.6 Å². The first-order valence-corrected chi connectivity index (χ1v) is 6.72. The fourth-order valence-electron chi connectivity index (χ4n) is 1.95. The Balaban J connectivity index is 2.09. The molecular weight excluding hydrogens is 254 g/mol. The summed E-state index contributed by atoms with van der Waals surface area (Å²) in [5.41, 5.74) is 2.17. The number of nitrogens with one attached hydrogen (secondary N) is 1. The fourth-order valence-corrected chi connectivity index (χ4v) is 1.95. The van der Waals surface area contributed by atoms with E-state index in [1.807, 2.05) is 42.3 Å². The van der Waals surface area contributed by atoms with Gasteiger partial charge >= 0.3 is 0 Å². The van der Waals surface area contributed by atoms with E-state index >= 15 is 0 Å². The van der Waals surface area contributed by atoms with Crippen molar-refractivity contribution in [1.29, 1.82) is 0 Å². The Morgan fingerprint density at radius 1 is 1.35 bits per heavy atom. The maximum absolute atomic E-state index is 5.90. The van der Waals surface area contributed by atoms with Gasteiger partial charge in [-0.1, -0.05) is 6.07 Å². The Morgan fingerprint density at radius 2 is 2.20 bits per heavy atom. The van der Waals surface area contributed by atoms with E-state index in [0.29, 0.717) is 6.61 Å². The second kappa shape index (κ2) is 6.96. The molecule has 0 unspecified atom stereocenters. The van der Waals surface area contributed by atoms with E-state index in [1.54, 1.807) is 7.11 Å². The molecule has 1 heterocycles. The molecule has 0 fully saturated rings. The summed E-state index contributed by atoms with van der Waals surface area (Å²) in [5, 5.41) is 7.38. The molecule has 20 heavy (non-hydrogen) atoms. The Morgan fingerprint density at radius 3 is 2.85 bits per heavy atom. The molecule has 0 spiro atoms. The first-order valence-electron chi connectivity index (χ1n) is 6.72. The molecule has 108 valence electrons. The van der Waals surface area contributed by atoms with E-state index in [9.17, 15) is 0 Å². The number of hydrogen-bond acceptors (Lipinski definition) is 4. The van der Waals surface area contributed by atoms with Gasteiger partial charge in [-0.2, -0.15) is 5.10 Å². The van der Waals surface area contributed by atoms with E-state index < -0.39 is 0 Å². The number of nitrogens with zero attached hydrogens (tertiary/aromatic N) is 2. The molecule has 0 aliphatic heterocycles. The van der Waals surface area contributed by atoms with E-state index in [2.05, 4.69) is 17.3 Å². The summed E-state index contributed by atoms with van der Waals surface area (Å²) in [6, 6.07) is 5.87. The Labute approximate surface area is 119 Å². The van der Waals surface area contributed by atoms with Crippen molar-refractivity contribution in [3.8, 4) is 11.5 Å². The van der Waals surface area contributed by atoms with Gasteiger partial charge < -0.3 is 14.8 Å². The summed E-state index contributed by atoms with van der Waals surface area (Å²) >= 11 is 0. The van der Waals surface area contributed by atoms with Gasteiger partial charge in [-0.3, -0.25) is 4.68 Å². The standard InChI is InChI=1S/C15H21N3O2/c1-4-18-10-12(8-17-18)11-20-15-7-14(19-3)6-5-13(15)9-16-2/h5-8,10,16H,4,9,11H2,1-3H3. The molecule has 0 bridgehead atoms. The van der Waals surface area contributed by atoms with Crippen LogP contribution in [0.5, 0.6) is 11.5 Å². The third kappa shape index (κ3) is 3.51. The Kier molecular flexibility index (Phi) is 5.01. The minimum Gasteiger partial charge on any atom is -0.497 e. The van der Waals surface area contributed by atoms with Crippen molar-refractivity contribution in [3.05, 3.63) is 41.7 Å². The van der Waals surface area contributed by atoms with Crippen LogP contribution in [0.25, 0.3) is 0 Å². The SMILES string of the molecule is CCn1cc(COc2cc(OC)ccc2CNC)cn1. The van der Waals surface area contributed by atoms with Gasteiger partial charge in [0.2, 0.25) is 0 Å². The zero-order chi connectivity index (χ0) is 14.4. The van der Waals surface area contributed by atoms with Crippen molar-refractivity contribution < 1.29 is 9.47 Å². The number of ether oxygens (including phenoxy) is 2. The van der Waals surface area contributed by atoms with Crippen LogP contribution in [0.2, 0.25) is 0 Å². The highest BCUT2D eigenvalue weighted by molar-refractivity contribution is 5.40. The van der Waals surface area contributed by atoms with Crippen LogP contribution in [0, 0.1) is 0 Å². The van der Waals surface area contributed by atoms with Gasteiger partial charge in [0.05, 0.1) is 13.3 Å². The predicted octanol–water partition coefficient (Wildman–Crippen LogP) is 2.21. The second-order valence-electron chi connectivity index (χ2n) is 4.50. The lowest BCUT2D eigenvalue weighted by molar-refractivity contribution is 0.299. The summed E-state index contributed by atoms with van der Waals surface area (Å²) in [7, 11) is 3.57. The highest BCUT2D eigenvalue weighted by atomic mass is 16.5. The number of hydrogen-bond donors (Lipinski definition) is 1. The summed E-state index contributed by atoms with van der Waals surface area (Å²) < 4.78 is 13.0. The summed E-state index contributed by atoms with van der Waals surface area (Å²) in [6.45, 7) is 4.19. The molecule has 0 atom stereocenters. The van der Waals surface area contributed by atoms with Crippen LogP contribution >= 0.6 is 0 Å². The maximum atomic E-state index is 5.90. The molecule has 5 nitrogen and oxygen atoms in total. The van der Waals surface area contributed by atoms with Crippen LogP contribution in [0.3, 0.4) is 0 Å². The topological polar surface area (TPSA) is 48.3 Å². The van der Waals surface area contributed by atoms with E-state index in [0.717, 1.165) is 35.7 Å². The van der Waals surface area contributed by atoms with Crippen molar-refractivity contribution in [2.75, 3.05) is 14.2 Å². The predicted molar refractivity (Wildman–Crippen MR) is 78.0 cm³/mol. The monoisotopic (exact) mass is 275 g/mol. The van der Waals surface area contributed by atoms with Crippen LogP contribution in [0.4, 0.5) is 0 Å². The normalized spacial score (nSPS) is 10.6. The van der Waals surface area contributed by atoms with Gasteiger partial charge in [-0.25, -0.2) is 0 Å². The minimum absolute atomic E-state index is 0.504. The average molecular weight is 275 g/mol. The molecule has 5 heteroatoms. The molecule has 0 radical (unpaired) electrons. The lowest BCUT2D eigenvalue weighted by atomic mass is 10.2. The number of methoxy groups -OCH3 is 1. The van der Waals surface area contributed by atoms with Gasteiger partial charge in [0.15, 0.2) is 0 Å². The number of rotatable bonds is 7. The largest absolute Gasteiger partial charge is 0.497 e. The van der Waals surface area contributed by atoms with Crippen molar-refractivity contribution >= 4 is 0 Å². The number of benzene rings is 1. The molecular formula is C15H21N3O2. The number of aryl methyl sites for hydroxylation is 1. The van der Waals surface area contributed by atoms with Gasteiger partial charge in [-0.05, 0) is 20.0 Å². The van der Waals surface area contributed by atoms with Crippen LogP contribution in [0.1, 0.15) is 18.1 Å². The third-order valence-electron chi connectivity index (χ3n) is 3.05. The van der Waals surface area contributed by atoms with Gasteiger partial charge in [0.1, 0.15) is 18.1 Å². The first-order chi connectivity index (χ1) is 9.76. The summed E-state index contributed by atoms with van der Waals surface area (Å²) in [5.74, 6) is 1.63. The minimum atomic E-state index is 0.504. The third-order valence-corrected chi connectivity index (χ3v) is 3.05. The zero-order valence-electron chi connectivity index (χ0n) is 12.2. The van der Waals surface area contributed by atoms with E-state index in [1.165, 1.54) is 0 Å². The van der Waals surface area contributed by atoms with Crippen molar-refractivity contribution in [2.24, 2.45) is 0 Å². The summed E-state index contributed by atoms with van der Waals surface area (Å²) in [4.78, 5) is 0. The van der Waals surface area contributed by atoms with Crippen LogP contribution in [-0.2, 0) is 19.7 Å². The Hall–Kier alpha value is -2.01. The van der Waals surface area contributed by atoms with Crippen molar-refractivity contribution in [3.63, 3.8) is 0 Å². The smallest absolute Gasteiger partial charge is 0.127 e. The highest BCUT2D eigenvalue weighted by Crippen LogP contribution is 2.25. The van der Waals surface area contributed by atoms with Crippen molar-refractivity contribution in [2.45, 2.75) is 26.6 Å². The molecule has 2 rings (SSSR count). The average Bonchev–Trinajstić information content (AvgIpc) is 2.94. The van der Waals surface area contributed by atoms with E-state index in [4.69, 9.17) is 9.47 Å². The molecule has 0 saturated carbocycles. The zero-order valence-corrected chi connectivity index (χ0v) is 12.2. The van der Waals surface area contributed by atoms with Crippen LogP contribution < -0.4 is 14.8 Å². The van der Waals surface area contributed by atoms with Gasteiger partial charge in [0.25, 0.3) is 0 Å². The molecule has 2 aromatic rings. The quantitative estimate of drug-likeness (QED) is 0.841. The van der Waals surface area contributed by atoms with Gasteiger partial charge in [-0.15, -0.1) is 0 Å². The lowest BCUT2D eigenvalue weighted by Gasteiger charge is -2.12. The maximum Gasteiger partial charge on any atom is 0.127 e. The molecule has 1 aromatic heterocycles. The molecule has 0 aliphatic carbocycles.